The maximum Gasteiger partial charge on any atom is 0.138 e. The van der Waals surface area contributed by atoms with Crippen LogP contribution in [0, 0.1) is 13.8 Å². The Morgan fingerprint density at radius 1 is 1.29 bits per heavy atom. The van der Waals surface area contributed by atoms with Gasteiger partial charge in [-0.1, -0.05) is 17.7 Å². The molecule has 0 bridgehead atoms. The van der Waals surface area contributed by atoms with Crippen LogP contribution in [0.15, 0.2) is 24.3 Å². The highest BCUT2D eigenvalue weighted by atomic mass is 35.5. The molecule has 3 nitrogen and oxygen atoms in total. The van der Waals surface area contributed by atoms with Gasteiger partial charge in [-0.3, -0.25) is 5.10 Å². The summed E-state index contributed by atoms with van der Waals surface area (Å²) in [4.78, 5) is 0. The van der Waals surface area contributed by atoms with E-state index in [1.807, 2.05) is 38.1 Å². The minimum Gasteiger partial charge on any atom is -0.492 e. The molecule has 1 N–H and O–H groups in total. The Morgan fingerprint density at radius 2 is 2.12 bits per heavy atom. The van der Waals surface area contributed by atoms with Crippen LogP contribution in [0.2, 0.25) is 5.02 Å². The monoisotopic (exact) mass is 250 g/mol. The number of aromatic amines is 1. The average molecular weight is 251 g/mol. The third kappa shape index (κ3) is 3.24. The van der Waals surface area contributed by atoms with Crippen molar-refractivity contribution >= 4 is 11.6 Å². The minimum absolute atomic E-state index is 0.577. The van der Waals surface area contributed by atoms with Gasteiger partial charge >= 0.3 is 0 Å². The number of H-pyrrole nitrogens is 1. The van der Waals surface area contributed by atoms with Crippen molar-refractivity contribution in [3.05, 3.63) is 46.2 Å². The van der Waals surface area contributed by atoms with Crippen LogP contribution >= 0.6 is 11.6 Å². The number of benzene rings is 1. The van der Waals surface area contributed by atoms with Gasteiger partial charge in [0.2, 0.25) is 0 Å². The van der Waals surface area contributed by atoms with Crippen molar-refractivity contribution in [2.45, 2.75) is 20.3 Å². The molecule has 2 aromatic rings. The molecule has 0 aliphatic heterocycles. The number of nitrogens with zero attached hydrogens (tertiary/aromatic N) is 1. The van der Waals surface area contributed by atoms with Crippen LogP contribution in [0.3, 0.4) is 0 Å². The van der Waals surface area contributed by atoms with Crippen molar-refractivity contribution in [2.24, 2.45) is 0 Å². The van der Waals surface area contributed by atoms with E-state index in [4.69, 9.17) is 16.3 Å². The van der Waals surface area contributed by atoms with E-state index in [0.717, 1.165) is 29.1 Å². The lowest BCUT2D eigenvalue weighted by Gasteiger charge is -2.07. The van der Waals surface area contributed by atoms with Crippen molar-refractivity contribution in [3.63, 3.8) is 0 Å². The first-order valence-corrected chi connectivity index (χ1v) is 5.93. The Morgan fingerprint density at radius 3 is 2.82 bits per heavy atom. The Kier molecular flexibility index (Phi) is 3.69. The largest absolute Gasteiger partial charge is 0.492 e. The van der Waals surface area contributed by atoms with Crippen LogP contribution in [-0.4, -0.2) is 16.8 Å². The maximum absolute atomic E-state index is 6.04. The second-order valence-electron chi connectivity index (χ2n) is 4.07. The van der Waals surface area contributed by atoms with Gasteiger partial charge in [0.05, 0.1) is 17.3 Å². The first-order chi connectivity index (χ1) is 8.15. The van der Waals surface area contributed by atoms with E-state index in [9.17, 15) is 0 Å². The quantitative estimate of drug-likeness (QED) is 0.904. The van der Waals surface area contributed by atoms with E-state index in [-0.39, 0.29) is 0 Å². The van der Waals surface area contributed by atoms with Crippen molar-refractivity contribution in [3.8, 4) is 5.75 Å². The van der Waals surface area contributed by atoms with Crippen molar-refractivity contribution in [1.29, 1.82) is 0 Å². The fourth-order valence-corrected chi connectivity index (χ4v) is 1.76. The van der Waals surface area contributed by atoms with Gasteiger partial charge in [0, 0.05) is 12.1 Å². The van der Waals surface area contributed by atoms with E-state index in [1.54, 1.807) is 0 Å². The number of aromatic nitrogens is 2. The Labute approximate surface area is 106 Å². The van der Waals surface area contributed by atoms with Crippen molar-refractivity contribution in [2.75, 3.05) is 6.61 Å². The molecule has 1 aromatic heterocycles. The summed E-state index contributed by atoms with van der Waals surface area (Å²) in [5.41, 5.74) is 3.21. The van der Waals surface area contributed by atoms with Gasteiger partial charge in [-0.2, -0.15) is 5.10 Å². The van der Waals surface area contributed by atoms with Crippen LogP contribution in [0.4, 0.5) is 0 Å². The number of aryl methyl sites for hydroxylation is 2. The SMILES string of the molecule is Cc1ccc(Cl)c(OCCc2cc(C)[nH]n2)c1. The molecule has 4 heteroatoms. The summed E-state index contributed by atoms with van der Waals surface area (Å²) < 4.78 is 5.64. The van der Waals surface area contributed by atoms with Crippen LogP contribution in [0.25, 0.3) is 0 Å². The van der Waals surface area contributed by atoms with Gasteiger partial charge in [-0.05, 0) is 37.6 Å². The van der Waals surface area contributed by atoms with Gasteiger partial charge in [0.1, 0.15) is 5.75 Å². The first-order valence-electron chi connectivity index (χ1n) is 5.55. The normalized spacial score (nSPS) is 10.5. The second-order valence-corrected chi connectivity index (χ2v) is 4.48. The molecule has 0 fully saturated rings. The maximum atomic E-state index is 6.04. The summed E-state index contributed by atoms with van der Waals surface area (Å²) in [5.74, 6) is 0.735. The Balaban J connectivity index is 1.91. The number of nitrogens with one attached hydrogen (secondary N) is 1. The lowest BCUT2D eigenvalue weighted by atomic mass is 10.2. The molecule has 0 radical (unpaired) electrons. The number of rotatable bonds is 4. The van der Waals surface area contributed by atoms with Gasteiger partial charge in [0.25, 0.3) is 0 Å². The molecule has 0 aliphatic rings. The van der Waals surface area contributed by atoms with Gasteiger partial charge < -0.3 is 4.74 Å². The number of ether oxygens (including phenoxy) is 1. The number of hydrogen-bond acceptors (Lipinski definition) is 2. The molecular formula is C13H15ClN2O. The highest BCUT2D eigenvalue weighted by Crippen LogP contribution is 2.25. The summed E-state index contributed by atoms with van der Waals surface area (Å²) in [6, 6.07) is 7.77. The lowest BCUT2D eigenvalue weighted by molar-refractivity contribution is 0.320. The summed E-state index contributed by atoms with van der Waals surface area (Å²) in [5, 5.41) is 7.70. The van der Waals surface area contributed by atoms with Gasteiger partial charge in [-0.15, -0.1) is 0 Å². The zero-order valence-electron chi connectivity index (χ0n) is 9.96. The first kappa shape index (κ1) is 12.0. The molecular weight excluding hydrogens is 236 g/mol. The average Bonchev–Trinajstić information content (AvgIpc) is 2.69. The molecule has 0 unspecified atom stereocenters. The third-order valence-corrected chi connectivity index (χ3v) is 2.77. The van der Waals surface area contributed by atoms with E-state index in [0.29, 0.717) is 11.6 Å². The molecule has 17 heavy (non-hydrogen) atoms. The number of halogens is 1. The zero-order valence-corrected chi connectivity index (χ0v) is 10.7. The highest BCUT2D eigenvalue weighted by Gasteiger charge is 2.03. The van der Waals surface area contributed by atoms with Crippen molar-refractivity contribution < 1.29 is 4.74 Å². The van der Waals surface area contributed by atoms with E-state index in [2.05, 4.69) is 10.2 Å². The van der Waals surface area contributed by atoms with Crippen LogP contribution in [0.5, 0.6) is 5.75 Å². The molecule has 0 amide bonds. The molecule has 1 aromatic carbocycles. The molecule has 0 aliphatic carbocycles. The van der Waals surface area contributed by atoms with Gasteiger partial charge in [0.15, 0.2) is 0 Å². The topological polar surface area (TPSA) is 37.9 Å². The molecule has 0 spiro atoms. The predicted molar refractivity (Wildman–Crippen MR) is 68.7 cm³/mol. The van der Waals surface area contributed by atoms with E-state index < -0.39 is 0 Å². The molecule has 0 atom stereocenters. The van der Waals surface area contributed by atoms with Crippen LogP contribution < -0.4 is 4.74 Å². The van der Waals surface area contributed by atoms with Gasteiger partial charge in [-0.25, -0.2) is 0 Å². The Hall–Kier alpha value is -1.48. The Bertz CT molecular complexity index is 508. The van der Waals surface area contributed by atoms with Crippen LogP contribution in [0.1, 0.15) is 17.0 Å². The zero-order chi connectivity index (χ0) is 12.3. The molecule has 2 rings (SSSR count). The minimum atomic E-state index is 0.577. The third-order valence-electron chi connectivity index (χ3n) is 2.46. The standard InChI is InChI=1S/C13H15ClN2O/c1-9-3-4-12(14)13(7-9)17-6-5-11-8-10(2)15-16-11/h3-4,7-8H,5-6H2,1-2H3,(H,15,16). The van der Waals surface area contributed by atoms with E-state index in [1.165, 1.54) is 0 Å². The summed E-state index contributed by atoms with van der Waals surface area (Å²) in [6.07, 6.45) is 0.772. The number of hydrogen-bond donors (Lipinski definition) is 1. The molecule has 0 saturated heterocycles. The molecule has 90 valence electrons. The van der Waals surface area contributed by atoms with Crippen molar-refractivity contribution in [1.82, 2.24) is 10.2 Å². The summed E-state index contributed by atoms with van der Waals surface area (Å²) in [6.45, 7) is 4.57. The lowest BCUT2D eigenvalue weighted by Crippen LogP contribution is -2.02. The fourth-order valence-electron chi connectivity index (χ4n) is 1.59. The smallest absolute Gasteiger partial charge is 0.138 e. The summed E-state index contributed by atoms with van der Waals surface area (Å²) >= 11 is 6.04. The fraction of sp³-hybridized carbons (Fsp3) is 0.308. The van der Waals surface area contributed by atoms with Crippen LogP contribution in [-0.2, 0) is 6.42 Å². The highest BCUT2D eigenvalue weighted by molar-refractivity contribution is 6.32. The van der Waals surface area contributed by atoms with E-state index >= 15 is 0 Å². The summed E-state index contributed by atoms with van der Waals surface area (Å²) in [7, 11) is 0. The predicted octanol–water partition coefficient (Wildman–Crippen LogP) is 3.30. The molecule has 1 heterocycles. The molecule has 0 saturated carbocycles. The second kappa shape index (κ2) is 5.23.